The predicted octanol–water partition coefficient (Wildman–Crippen LogP) is 0.979. The van der Waals surface area contributed by atoms with Crippen LogP contribution in [0.1, 0.15) is 12.5 Å². The molecule has 5 heteroatoms. The van der Waals surface area contributed by atoms with E-state index in [0.717, 1.165) is 12.1 Å². The van der Waals surface area contributed by atoms with Gasteiger partial charge in [-0.15, -0.1) is 0 Å². The van der Waals surface area contributed by atoms with Gasteiger partial charge in [0, 0.05) is 26.2 Å². The smallest absolute Gasteiger partial charge is 0.407 e. The SMILES string of the molecule is CC1(O)CN(CCNC(=O)OCc2ccccc2)C1. The van der Waals surface area contributed by atoms with Crippen molar-refractivity contribution in [3.63, 3.8) is 0 Å². The van der Waals surface area contributed by atoms with E-state index in [0.29, 0.717) is 19.6 Å². The Morgan fingerprint density at radius 1 is 1.42 bits per heavy atom. The molecule has 2 rings (SSSR count). The highest BCUT2D eigenvalue weighted by atomic mass is 16.5. The Balaban J connectivity index is 1.55. The van der Waals surface area contributed by atoms with Gasteiger partial charge in [-0.1, -0.05) is 30.3 Å². The normalized spacial score (nSPS) is 17.6. The van der Waals surface area contributed by atoms with E-state index in [-0.39, 0.29) is 6.61 Å². The molecule has 1 fully saturated rings. The summed E-state index contributed by atoms with van der Waals surface area (Å²) in [4.78, 5) is 13.5. The van der Waals surface area contributed by atoms with Crippen molar-refractivity contribution < 1.29 is 14.6 Å². The number of hydrogen-bond acceptors (Lipinski definition) is 4. The van der Waals surface area contributed by atoms with Crippen LogP contribution in [0.25, 0.3) is 0 Å². The number of rotatable bonds is 5. The molecule has 0 unspecified atom stereocenters. The van der Waals surface area contributed by atoms with E-state index in [1.807, 2.05) is 37.3 Å². The fraction of sp³-hybridized carbons (Fsp3) is 0.500. The lowest BCUT2D eigenvalue weighted by Gasteiger charge is -2.44. The van der Waals surface area contributed by atoms with E-state index in [2.05, 4.69) is 10.2 Å². The van der Waals surface area contributed by atoms with Crippen LogP contribution in [0.5, 0.6) is 0 Å². The molecule has 1 saturated heterocycles. The van der Waals surface area contributed by atoms with E-state index in [1.165, 1.54) is 0 Å². The van der Waals surface area contributed by atoms with Crippen LogP contribution >= 0.6 is 0 Å². The number of nitrogens with zero attached hydrogens (tertiary/aromatic N) is 1. The Morgan fingerprint density at radius 2 is 2.11 bits per heavy atom. The number of aliphatic hydroxyl groups is 1. The van der Waals surface area contributed by atoms with Crippen LogP contribution in [-0.4, -0.2) is 47.9 Å². The molecule has 5 nitrogen and oxygen atoms in total. The Kier molecular flexibility index (Phi) is 4.39. The van der Waals surface area contributed by atoms with Crippen LogP contribution in [0.3, 0.4) is 0 Å². The van der Waals surface area contributed by atoms with Crippen LogP contribution < -0.4 is 5.32 Å². The second-order valence-corrected chi connectivity index (χ2v) is 5.20. The number of benzene rings is 1. The summed E-state index contributed by atoms with van der Waals surface area (Å²) in [6.07, 6.45) is -0.406. The minimum absolute atomic E-state index is 0.283. The van der Waals surface area contributed by atoms with Crippen molar-refractivity contribution in [2.45, 2.75) is 19.1 Å². The maximum absolute atomic E-state index is 11.4. The lowest BCUT2D eigenvalue weighted by Crippen LogP contribution is -2.60. The van der Waals surface area contributed by atoms with Gasteiger partial charge in [-0.2, -0.15) is 0 Å². The third kappa shape index (κ3) is 4.54. The molecule has 1 amide bonds. The summed E-state index contributed by atoms with van der Waals surface area (Å²) in [6.45, 7) is 4.68. The zero-order valence-electron chi connectivity index (χ0n) is 11.1. The fourth-order valence-electron chi connectivity index (χ4n) is 2.17. The lowest BCUT2D eigenvalue weighted by atomic mass is 9.97. The molecule has 1 aliphatic heterocycles. The Labute approximate surface area is 113 Å². The number of carbonyl (C=O) groups excluding carboxylic acids is 1. The molecule has 0 spiro atoms. The Bertz CT molecular complexity index is 412. The van der Waals surface area contributed by atoms with Gasteiger partial charge in [0.25, 0.3) is 0 Å². The molecule has 0 aromatic heterocycles. The zero-order chi connectivity index (χ0) is 13.7. The molecule has 0 bridgehead atoms. The largest absolute Gasteiger partial charge is 0.445 e. The molecule has 1 aromatic carbocycles. The molecule has 1 aliphatic rings. The Morgan fingerprint density at radius 3 is 2.74 bits per heavy atom. The summed E-state index contributed by atoms with van der Waals surface area (Å²) in [5.74, 6) is 0. The topological polar surface area (TPSA) is 61.8 Å². The van der Waals surface area contributed by atoms with E-state index in [9.17, 15) is 9.90 Å². The summed E-state index contributed by atoms with van der Waals surface area (Å²) in [5.41, 5.74) is 0.407. The number of β-amino-alcohol motifs (C(OH)–C–C–N with tert-alkyl or cyclic N) is 1. The highest BCUT2D eigenvalue weighted by Gasteiger charge is 2.35. The molecule has 0 radical (unpaired) electrons. The average molecular weight is 264 g/mol. The average Bonchev–Trinajstić information content (AvgIpc) is 2.35. The molecule has 19 heavy (non-hydrogen) atoms. The fourth-order valence-corrected chi connectivity index (χ4v) is 2.17. The molecule has 0 atom stereocenters. The first kappa shape index (κ1) is 13.8. The van der Waals surface area contributed by atoms with Gasteiger partial charge in [-0.25, -0.2) is 4.79 Å². The van der Waals surface area contributed by atoms with Crippen LogP contribution in [0.4, 0.5) is 4.79 Å². The number of nitrogens with one attached hydrogen (secondary N) is 1. The molecule has 1 heterocycles. The molecular formula is C14H20N2O3. The minimum Gasteiger partial charge on any atom is -0.445 e. The van der Waals surface area contributed by atoms with Crippen LogP contribution in [0, 0.1) is 0 Å². The van der Waals surface area contributed by atoms with Gasteiger partial charge >= 0.3 is 6.09 Å². The van der Waals surface area contributed by atoms with Gasteiger partial charge in [-0.3, -0.25) is 4.90 Å². The number of likely N-dealkylation sites (tertiary alicyclic amines) is 1. The number of hydrogen-bond donors (Lipinski definition) is 2. The highest BCUT2D eigenvalue weighted by molar-refractivity contribution is 5.67. The van der Waals surface area contributed by atoms with E-state index in [1.54, 1.807) is 0 Å². The van der Waals surface area contributed by atoms with Gasteiger partial charge in [0.05, 0.1) is 5.60 Å². The standard InChI is InChI=1S/C14H20N2O3/c1-14(18)10-16(11-14)8-7-15-13(17)19-9-12-5-3-2-4-6-12/h2-6,18H,7-11H2,1H3,(H,15,17). The van der Waals surface area contributed by atoms with Crippen molar-refractivity contribution in [1.82, 2.24) is 10.2 Å². The predicted molar refractivity (Wildman–Crippen MR) is 71.7 cm³/mol. The number of alkyl carbamates (subject to hydrolysis) is 1. The number of carbonyl (C=O) groups is 1. The summed E-state index contributed by atoms with van der Waals surface area (Å²) in [6, 6.07) is 9.56. The van der Waals surface area contributed by atoms with Gasteiger partial charge in [0.2, 0.25) is 0 Å². The molecule has 0 saturated carbocycles. The highest BCUT2D eigenvalue weighted by Crippen LogP contribution is 2.18. The van der Waals surface area contributed by atoms with Crippen molar-refractivity contribution >= 4 is 6.09 Å². The molecular weight excluding hydrogens is 244 g/mol. The lowest BCUT2D eigenvalue weighted by molar-refractivity contribution is -0.0820. The quantitative estimate of drug-likeness (QED) is 0.832. The van der Waals surface area contributed by atoms with Crippen LogP contribution in [0.15, 0.2) is 30.3 Å². The number of amides is 1. The minimum atomic E-state index is -0.562. The van der Waals surface area contributed by atoms with Crippen LogP contribution in [0.2, 0.25) is 0 Å². The first-order chi connectivity index (χ1) is 9.05. The summed E-state index contributed by atoms with van der Waals surface area (Å²) in [5, 5.41) is 12.2. The number of ether oxygens (including phenoxy) is 1. The van der Waals surface area contributed by atoms with E-state index < -0.39 is 11.7 Å². The third-order valence-corrected chi connectivity index (χ3v) is 3.04. The van der Waals surface area contributed by atoms with Crippen molar-refractivity contribution in [1.29, 1.82) is 0 Å². The molecule has 2 N–H and O–H groups in total. The summed E-state index contributed by atoms with van der Waals surface area (Å²) in [7, 11) is 0. The van der Waals surface area contributed by atoms with E-state index >= 15 is 0 Å². The van der Waals surface area contributed by atoms with Crippen molar-refractivity contribution in [3.8, 4) is 0 Å². The maximum atomic E-state index is 11.4. The van der Waals surface area contributed by atoms with Gasteiger partial charge in [0.15, 0.2) is 0 Å². The monoisotopic (exact) mass is 264 g/mol. The summed E-state index contributed by atoms with van der Waals surface area (Å²) < 4.78 is 5.08. The maximum Gasteiger partial charge on any atom is 0.407 e. The third-order valence-electron chi connectivity index (χ3n) is 3.04. The zero-order valence-corrected chi connectivity index (χ0v) is 11.1. The second kappa shape index (κ2) is 6.04. The van der Waals surface area contributed by atoms with Crippen molar-refractivity contribution in [2.75, 3.05) is 26.2 Å². The van der Waals surface area contributed by atoms with Gasteiger partial charge in [0.1, 0.15) is 6.61 Å². The Hall–Kier alpha value is -1.59. The van der Waals surface area contributed by atoms with Gasteiger partial charge < -0.3 is 15.2 Å². The first-order valence-electron chi connectivity index (χ1n) is 6.44. The van der Waals surface area contributed by atoms with Crippen molar-refractivity contribution in [3.05, 3.63) is 35.9 Å². The molecule has 1 aromatic rings. The van der Waals surface area contributed by atoms with Gasteiger partial charge in [-0.05, 0) is 12.5 Å². The molecule has 104 valence electrons. The molecule has 0 aliphatic carbocycles. The van der Waals surface area contributed by atoms with Crippen molar-refractivity contribution in [2.24, 2.45) is 0 Å². The summed E-state index contributed by atoms with van der Waals surface area (Å²) >= 11 is 0. The van der Waals surface area contributed by atoms with Crippen LogP contribution in [-0.2, 0) is 11.3 Å². The second-order valence-electron chi connectivity index (χ2n) is 5.20. The van der Waals surface area contributed by atoms with E-state index in [4.69, 9.17) is 4.74 Å². The first-order valence-corrected chi connectivity index (χ1v) is 6.44.